The number of hydrogen-bond acceptors (Lipinski definition) is 0. The molecule has 1 atom stereocenters. The summed E-state index contributed by atoms with van der Waals surface area (Å²) in [6.45, 7) is 4.72. The third kappa shape index (κ3) is 0.296. The van der Waals surface area contributed by atoms with Crippen LogP contribution in [0.5, 0.6) is 0 Å². The first-order valence-corrected chi connectivity index (χ1v) is 3.01. The van der Waals surface area contributed by atoms with Crippen LogP contribution in [0.2, 0.25) is 0 Å². The fraction of sp³-hybridized carbons (Fsp3) is 0.857. The third-order valence-corrected chi connectivity index (χ3v) is 2.68. The molecule has 1 unspecified atom stereocenters. The predicted octanol–water partition coefficient (Wildman–Crippen LogP) is 2.01. The molecule has 2 aliphatic carbocycles. The minimum absolute atomic E-state index is 0.701. The van der Waals surface area contributed by atoms with E-state index >= 15 is 0 Å². The standard InChI is InChI=1S/C7H11/c1-6(2)5-7(6)3-4-7/h3H,4-5H2,1-2H3. The summed E-state index contributed by atoms with van der Waals surface area (Å²) in [6, 6.07) is 0. The van der Waals surface area contributed by atoms with Crippen molar-refractivity contribution in [3.05, 3.63) is 6.42 Å². The van der Waals surface area contributed by atoms with E-state index in [4.69, 9.17) is 0 Å². The van der Waals surface area contributed by atoms with Crippen LogP contribution in [0.25, 0.3) is 0 Å². The van der Waals surface area contributed by atoms with Crippen molar-refractivity contribution < 1.29 is 0 Å². The fourth-order valence-electron chi connectivity index (χ4n) is 1.56. The Hall–Kier alpha value is 0. The molecule has 2 aliphatic rings. The van der Waals surface area contributed by atoms with Crippen LogP contribution < -0.4 is 0 Å². The van der Waals surface area contributed by atoms with Crippen molar-refractivity contribution in [2.45, 2.75) is 26.7 Å². The summed E-state index contributed by atoms with van der Waals surface area (Å²) in [4.78, 5) is 0. The smallest absolute Gasteiger partial charge is 0.0206 e. The predicted molar refractivity (Wildman–Crippen MR) is 29.7 cm³/mol. The van der Waals surface area contributed by atoms with Crippen LogP contribution in [0.4, 0.5) is 0 Å². The minimum atomic E-state index is 0.701. The van der Waals surface area contributed by atoms with Crippen LogP contribution in [0, 0.1) is 17.3 Å². The van der Waals surface area contributed by atoms with Crippen LogP contribution in [0.1, 0.15) is 26.7 Å². The summed E-state index contributed by atoms with van der Waals surface area (Å²) in [5, 5.41) is 0. The molecule has 0 aromatic rings. The van der Waals surface area contributed by atoms with E-state index < -0.39 is 0 Å². The van der Waals surface area contributed by atoms with Crippen LogP contribution in [0.15, 0.2) is 0 Å². The molecule has 1 spiro atoms. The van der Waals surface area contributed by atoms with E-state index in [1.54, 1.807) is 0 Å². The van der Waals surface area contributed by atoms with Crippen LogP contribution in [-0.4, -0.2) is 0 Å². The average Bonchev–Trinajstić information content (AvgIpc) is 2.22. The Bertz CT molecular complexity index is 105. The van der Waals surface area contributed by atoms with Gasteiger partial charge >= 0.3 is 0 Å². The highest BCUT2D eigenvalue weighted by Crippen LogP contribution is 2.77. The summed E-state index contributed by atoms with van der Waals surface area (Å²) in [5.41, 5.74) is 1.47. The molecule has 0 heteroatoms. The molecular formula is C7H11. The zero-order valence-corrected chi connectivity index (χ0v) is 4.99. The molecule has 1 radical (unpaired) electrons. The van der Waals surface area contributed by atoms with E-state index in [2.05, 4.69) is 20.3 Å². The van der Waals surface area contributed by atoms with E-state index in [9.17, 15) is 0 Å². The average molecular weight is 95.2 g/mol. The van der Waals surface area contributed by atoms with Gasteiger partial charge in [-0.2, -0.15) is 0 Å². The van der Waals surface area contributed by atoms with Gasteiger partial charge in [-0.1, -0.05) is 13.8 Å². The highest BCUT2D eigenvalue weighted by atomic mass is 14.7. The van der Waals surface area contributed by atoms with Crippen LogP contribution in [0.3, 0.4) is 0 Å². The maximum atomic E-state index is 2.45. The molecule has 39 valence electrons. The van der Waals surface area contributed by atoms with E-state index in [0.29, 0.717) is 5.41 Å². The van der Waals surface area contributed by atoms with Crippen molar-refractivity contribution in [1.82, 2.24) is 0 Å². The van der Waals surface area contributed by atoms with E-state index in [1.165, 1.54) is 12.8 Å². The normalized spacial score (nSPS) is 38.6. The molecule has 0 N–H and O–H groups in total. The van der Waals surface area contributed by atoms with Crippen LogP contribution in [-0.2, 0) is 0 Å². The van der Waals surface area contributed by atoms with Gasteiger partial charge in [0.25, 0.3) is 0 Å². The molecule has 7 heavy (non-hydrogen) atoms. The van der Waals surface area contributed by atoms with Crippen molar-refractivity contribution in [3.63, 3.8) is 0 Å². The fourth-order valence-corrected chi connectivity index (χ4v) is 1.56. The lowest BCUT2D eigenvalue weighted by atomic mass is 10.1. The second-order valence-corrected chi connectivity index (χ2v) is 3.63. The summed E-state index contributed by atoms with van der Waals surface area (Å²) in [7, 11) is 0. The largest absolute Gasteiger partial charge is 0.0593 e. The van der Waals surface area contributed by atoms with Gasteiger partial charge in [-0.05, 0) is 30.1 Å². The molecule has 2 fully saturated rings. The first-order valence-electron chi connectivity index (χ1n) is 3.01. The Kier molecular flexibility index (Phi) is 0.375. The molecule has 2 saturated carbocycles. The Balaban J connectivity index is 2.22. The van der Waals surface area contributed by atoms with Gasteiger partial charge in [-0.25, -0.2) is 0 Å². The van der Waals surface area contributed by atoms with Crippen molar-refractivity contribution in [3.8, 4) is 0 Å². The molecule has 0 aromatic carbocycles. The first-order chi connectivity index (χ1) is 3.16. The summed E-state index contributed by atoms with van der Waals surface area (Å²) >= 11 is 0. The molecule has 0 bridgehead atoms. The first kappa shape index (κ1) is 3.94. The summed E-state index contributed by atoms with van der Waals surface area (Å²) < 4.78 is 0. The molecule has 0 nitrogen and oxygen atoms in total. The lowest BCUT2D eigenvalue weighted by molar-refractivity contribution is 0.565. The lowest BCUT2D eigenvalue weighted by Gasteiger charge is -1.94. The van der Waals surface area contributed by atoms with Crippen molar-refractivity contribution in [1.29, 1.82) is 0 Å². The molecule has 0 aliphatic heterocycles. The third-order valence-electron chi connectivity index (χ3n) is 2.68. The zero-order chi connectivity index (χ0) is 5.12. The highest BCUT2D eigenvalue weighted by molar-refractivity contribution is 5.29. The molecule has 2 rings (SSSR count). The van der Waals surface area contributed by atoms with Gasteiger partial charge in [0.05, 0.1) is 0 Å². The zero-order valence-electron chi connectivity index (χ0n) is 4.99. The van der Waals surface area contributed by atoms with Crippen molar-refractivity contribution in [2.75, 3.05) is 0 Å². The molecular weight excluding hydrogens is 84.1 g/mol. The topological polar surface area (TPSA) is 0 Å². The monoisotopic (exact) mass is 95.1 g/mol. The van der Waals surface area contributed by atoms with Crippen molar-refractivity contribution >= 4 is 0 Å². The number of rotatable bonds is 0. The second-order valence-electron chi connectivity index (χ2n) is 3.63. The molecule has 0 aromatic heterocycles. The quantitative estimate of drug-likeness (QED) is 0.431. The maximum absolute atomic E-state index is 2.45. The Labute approximate surface area is 44.9 Å². The van der Waals surface area contributed by atoms with Gasteiger partial charge in [-0.15, -0.1) is 0 Å². The summed E-state index contributed by atoms with van der Waals surface area (Å²) in [6.07, 6.45) is 5.31. The van der Waals surface area contributed by atoms with Gasteiger partial charge < -0.3 is 0 Å². The lowest BCUT2D eigenvalue weighted by Crippen LogP contribution is -1.86. The van der Waals surface area contributed by atoms with E-state index in [0.717, 1.165) is 5.41 Å². The van der Waals surface area contributed by atoms with Gasteiger partial charge in [-0.3, -0.25) is 0 Å². The SMILES string of the molecule is CC1(C)CC12[CH]C2. The van der Waals surface area contributed by atoms with Crippen LogP contribution >= 0.6 is 0 Å². The van der Waals surface area contributed by atoms with Gasteiger partial charge in [0.15, 0.2) is 0 Å². The van der Waals surface area contributed by atoms with Gasteiger partial charge in [0.2, 0.25) is 0 Å². The molecule has 0 saturated heterocycles. The summed E-state index contributed by atoms with van der Waals surface area (Å²) in [5.74, 6) is 0. The maximum Gasteiger partial charge on any atom is -0.0206 e. The van der Waals surface area contributed by atoms with Crippen molar-refractivity contribution in [2.24, 2.45) is 10.8 Å². The molecule has 0 amide bonds. The Morgan fingerprint density at radius 2 is 1.86 bits per heavy atom. The second kappa shape index (κ2) is 0.667. The highest BCUT2D eigenvalue weighted by Gasteiger charge is 2.68. The van der Waals surface area contributed by atoms with E-state index in [-0.39, 0.29) is 0 Å². The Morgan fingerprint density at radius 3 is 1.86 bits per heavy atom. The molecule has 0 heterocycles. The minimum Gasteiger partial charge on any atom is -0.0593 e. The Morgan fingerprint density at radius 1 is 1.43 bits per heavy atom. The number of hydrogen-bond donors (Lipinski definition) is 0. The van der Waals surface area contributed by atoms with Gasteiger partial charge in [0, 0.05) is 0 Å². The van der Waals surface area contributed by atoms with Gasteiger partial charge in [0.1, 0.15) is 0 Å². The van der Waals surface area contributed by atoms with E-state index in [1.807, 2.05) is 0 Å².